The van der Waals surface area contributed by atoms with Crippen molar-refractivity contribution >= 4 is 41.1 Å². The summed E-state index contributed by atoms with van der Waals surface area (Å²) in [7, 11) is 0. The Balaban J connectivity index is 2.20. The van der Waals surface area contributed by atoms with E-state index in [9.17, 15) is 9.59 Å². The van der Waals surface area contributed by atoms with E-state index in [1.807, 2.05) is 6.07 Å². The lowest BCUT2D eigenvalue weighted by Gasteiger charge is -2.07. The lowest BCUT2D eigenvalue weighted by molar-refractivity contribution is -0.134. The minimum atomic E-state index is -1.22. The molecule has 18 heavy (non-hydrogen) atoms. The number of para-hydroxylation sites is 1. The van der Waals surface area contributed by atoms with Gasteiger partial charge in [0, 0.05) is 5.69 Å². The summed E-state index contributed by atoms with van der Waals surface area (Å²) >= 11 is 2.48. The third-order valence-corrected chi connectivity index (χ3v) is 4.21. The third-order valence-electron chi connectivity index (χ3n) is 2.08. The summed E-state index contributed by atoms with van der Waals surface area (Å²) < 4.78 is 0.482. The van der Waals surface area contributed by atoms with Crippen LogP contribution in [0.4, 0.5) is 5.69 Å². The molecule has 92 valence electrons. The number of anilines is 1. The summed E-state index contributed by atoms with van der Waals surface area (Å²) in [5.74, 6) is -1.82. The number of benzene rings is 1. The summed E-state index contributed by atoms with van der Waals surface area (Å²) in [5.41, 5.74) is 0.349. The first kappa shape index (κ1) is 12.8. The van der Waals surface area contributed by atoms with E-state index in [1.54, 1.807) is 35.1 Å². The number of carboxylic acid groups (broad SMARTS) is 1. The molecule has 0 saturated heterocycles. The number of carbonyl (C=O) groups excluding carboxylic acids is 1. The molecule has 0 spiro atoms. The first-order valence-corrected chi connectivity index (χ1v) is 6.76. The summed E-state index contributed by atoms with van der Waals surface area (Å²) in [6.45, 7) is 0. The van der Waals surface area contributed by atoms with Gasteiger partial charge in [0.25, 0.3) is 5.91 Å². The van der Waals surface area contributed by atoms with Crippen LogP contribution in [0.2, 0.25) is 0 Å². The number of rotatable bonds is 3. The second-order valence-corrected chi connectivity index (χ2v) is 5.39. The third kappa shape index (κ3) is 2.96. The molecule has 2 N–H and O–H groups in total. The first-order valence-electron chi connectivity index (χ1n) is 5.01. The zero-order valence-electron chi connectivity index (χ0n) is 9.12. The fraction of sp³-hybridized carbons (Fsp3) is 0. The molecule has 0 radical (unpaired) electrons. The van der Waals surface area contributed by atoms with Crippen LogP contribution in [0.5, 0.6) is 0 Å². The van der Waals surface area contributed by atoms with Gasteiger partial charge in [0.2, 0.25) is 0 Å². The minimum Gasteiger partial charge on any atom is -0.477 e. The highest BCUT2D eigenvalue weighted by Gasteiger charge is 2.24. The number of nitrogens with one attached hydrogen (secondary N) is 1. The normalized spacial score (nSPS) is 13.4. The van der Waals surface area contributed by atoms with Gasteiger partial charge in [-0.25, -0.2) is 4.79 Å². The van der Waals surface area contributed by atoms with Crippen LogP contribution in [0.1, 0.15) is 0 Å². The Labute approximate surface area is 112 Å². The molecule has 1 aromatic rings. The highest BCUT2D eigenvalue weighted by Crippen LogP contribution is 2.40. The van der Waals surface area contributed by atoms with Gasteiger partial charge in [0.05, 0.1) is 4.24 Å². The summed E-state index contributed by atoms with van der Waals surface area (Å²) in [6, 6.07) is 8.76. The maximum Gasteiger partial charge on any atom is 0.343 e. The molecule has 2 rings (SSSR count). The Kier molecular flexibility index (Phi) is 4.11. The predicted molar refractivity (Wildman–Crippen MR) is 74.1 cm³/mol. The topological polar surface area (TPSA) is 66.4 Å². The van der Waals surface area contributed by atoms with Crippen molar-refractivity contribution in [3.8, 4) is 0 Å². The second kappa shape index (κ2) is 5.79. The molecular weight excluding hydrogens is 270 g/mol. The van der Waals surface area contributed by atoms with Crippen molar-refractivity contribution in [2.24, 2.45) is 0 Å². The molecule has 4 nitrogen and oxygen atoms in total. The van der Waals surface area contributed by atoms with Crippen LogP contribution in [-0.2, 0) is 9.59 Å². The quantitative estimate of drug-likeness (QED) is 0.506. The smallest absolute Gasteiger partial charge is 0.343 e. The number of carbonyl (C=O) groups is 2. The fourth-order valence-electron chi connectivity index (χ4n) is 1.32. The Bertz CT molecular complexity index is 528. The molecule has 0 atom stereocenters. The van der Waals surface area contributed by atoms with E-state index in [2.05, 4.69) is 5.32 Å². The average molecular weight is 279 g/mol. The van der Waals surface area contributed by atoms with Gasteiger partial charge in [0.15, 0.2) is 0 Å². The van der Waals surface area contributed by atoms with Crippen molar-refractivity contribution < 1.29 is 14.7 Å². The molecule has 0 aromatic heterocycles. The zero-order chi connectivity index (χ0) is 13.0. The molecule has 0 saturated carbocycles. The number of hydrogen-bond acceptors (Lipinski definition) is 4. The molecule has 0 aliphatic carbocycles. The van der Waals surface area contributed by atoms with Gasteiger partial charge in [-0.3, -0.25) is 4.79 Å². The number of hydrogen-bond donors (Lipinski definition) is 2. The van der Waals surface area contributed by atoms with Gasteiger partial charge in [-0.1, -0.05) is 41.7 Å². The molecular formula is C12H9NO3S2. The molecule has 1 heterocycles. The average Bonchev–Trinajstić information content (AvgIpc) is 2.83. The van der Waals surface area contributed by atoms with Gasteiger partial charge in [-0.05, 0) is 22.9 Å². The lowest BCUT2D eigenvalue weighted by atomic mass is 10.2. The molecule has 1 aliphatic rings. The molecule has 1 amide bonds. The first-order chi connectivity index (χ1) is 8.68. The maximum atomic E-state index is 11.9. The molecule has 1 aromatic carbocycles. The molecule has 0 bridgehead atoms. The summed E-state index contributed by atoms with van der Waals surface area (Å²) in [5, 5.41) is 15.2. The predicted octanol–water partition coefficient (Wildman–Crippen LogP) is 2.87. The second-order valence-electron chi connectivity index (χ2n) is 3.30. The van der Waals surface area contributed by atoms with E-state index in [0.717, 1.165) is 0 Å². The van der Waals surface area contributed by atoms with Crippen LogP contribution < -0.4 is 5.32 Å². The van der Waals surface area contributed by atoms with Crippen molar-refractivity contribution in [3.05, 3.63) is 51.0 Å². The van der Waals surface area contributed by atoms with Gasteiger partial charge >= 0.3 is 5.97 Å². The van der Waals surface area contributed by atoms with Gasteiger partial charge in [-0.15, -0.1) is 0 Å². The van der Waals surface area contributed by atoms with Crippen LogP contribution in [0.25, 0.3) is 0 Å². The van der Waals surface area contributed by atoms with Gasteiger partial charge < -0.3 is 10.4 Å². The minimum absolute atomic E-state index is 0.223. The molecule has 0 fully saturated rings. The molecule has 1 aliphatic heterocycles. The van der Waals surface area contributed by atoms with Crippen LogP contribution in [0.3, 0.4) is 0 Å². The zero-order valence-corrected chi connectivity index (χ0v) is 10.8. The highest BCUT2D eigenvalue weighted by molar-refractivity contribution is 8.27. The van der Waals surface area contributed by atoms with E-state index >= 15 is 0 Å². The van der Waals surface area contributed by atoms with Crippen LogP contribution in [0.15, 0.2) is 51.0 Å². The van der Waals surface area contributed by atoms with E-state index < -0.39 is 11.9 Å². The SMILES string of the molecule is O=C(O)C(C(=O)Nc1ccccc1)=C1SC=CS1. The van der Waals surface area contributed by atoms with E-state index in [0.29, 0.717) is 9.92 Å². The Morgan fingerprint density at radius 3 is 2.22 bits per heavy atom. The Morgan fingerprint density at radius 2 is 1.67 bits per heavy atom. The summed E-state index contributed by atoms with van der Waals surface area (Å²) in [6.07, 6.45) is 0. The standard InChI is InChI=1S/C12H9NO3S2/c14-10(13-8-4-2-1-3-5-8)9(11(15)16)12-17-6-7-18-12/h1-7H,(H,13,14)(H,15,16). The van der Waals surface area contributed by atoms with Crippen molar-refractivity contribution in [2.45, 2.75) is 0 Å². The van der Waals surface area contributed by atoms with Gasteiger partial charge in [0.1, 0.15) is 5.57 Å². The van der Waals surface area contributed by atoms with E-state index in [1.165, 1.54) is 23.5 Å². The van der Waals surface area contributed by atoms with Crippen molar-refractivity contribution in [1.82, 2.24) is 0 Å². The molecule has 0 unspecified atom stereocenters. The number of aliphatic carboxylic acids is 1. The monoisotopic (exact) mass is 279 g/mol. The fourth-order valence-corrected chi connectivity index (χ4v) is 3.16. The molecule has 6 heteroatoms. The van der Waals surface area contributed by atoms with E-state index in [-0.39, 0.29) is 5.57 Å². The van der Waals surface area contributed by atoms with Crippen molar-refractivity contribution in [2.75, 3.05) is 5.32 Å². The number of carboxylic acids is 1. The van der Waals surface area contributed by atoms with Crippen molar-refractivity contribution in [1.29, 1.82) is 0 Å². The Morgan fingerprint density at radius 1 is 1.06 bits per heavy atom. The van der Waals surface area contributed by atoms with Crippen LogP contribution in [-0.4, -0.2) is 17.0 Å². The number of thioether (sulfide) groups is 2. The lowest BCUT2D eigenvalue weighted by Crippen LogP contribution is -2.21. The summed E-state index contributed by atoms with van der Waals surface area (Å²) in [4.78, 5) is 23.1. The van der Waals surface area contributed by atoms with Crippen molar-refractivity contribution in [3.63, 3.8) is 0 Å². The van der Waals surface area contributed by atoms with Crippen LogP contribution in [0, 0.1) is 0 Å². The van der Waals surface area contributed by atoms with Crippen LogP contribution >= 0.6 is 23.5 Å². The Hall–Kier alpha value is -1.66. The highest BCUT2D eigenvalue weighted by atomic mass is 32.2. The largest absolute Gasteiger partial charge is 0.477 e. The number of amides is 1. The maximum absolute atomic E-state index is 11.9. The van der Waals surface area contributed by atoms with Gasteiger partial charge in [-0.2, -0.15) is 0 Å². The van der Waals surface area contributed by atoms with E-state index in [4.69, 9.17) is 5.11 Å².